The number of pyridine rings is 1. The van der Waals surface area contributed by atoms with Crippen molar-refractivity contribution in [2.45, 2.75) is 6.54 Å². The second-order valence-electron chi connectivity index (χ2n) is 5.97. The molecule has 0 atom stereocenters. The van der Waals surface area contributed by atoms with Gasteiger partial charge in [0.25, 0.3) is 0 Å². The first-order chi connectivity index (χ1) is 13.3. The van der Waals surface area contributed by atoms with Crippen LogP contribution in [0.1, 0.15) is 5.56 Å². The first-order valence-electron chi connectivity index (χ1n) is 8.62. The minimum atomic E-state index is 0.559. The normalized spacial score (nSPS) is 10.6. The highest BCUT2D eigenvalue weighted by Crippen LogP contribution is 2.24. The Balaban J connectivity index is 1.48. The molecule has 0 unspecified atom stereocenters. The molecule has 0 bridgehead atoms. The maximum absolute atomic E-state index is 5.18. The predicted octanol–water partition coefficient (Wildman–Crippen LogP) is 4.39. The van der Waals surface area contributed by atoms with Gasteiger partial charge in [-0.05, 0) is 35.9 Å². The van der Waals surface area contributed by atoms with Gasteiger partial charge in [-0.1, -0.05) is 30.3 Å². The molecule has 6 nitrogen and oxygen atoms in total. The van der Waals surface area contributed by atoms with E-state index in [1.807, 2.05) is 60.7 Å². The van der Waals surface area contributed by atoms with E-state index >= 15 is 0 Å². The van der Waals surface area contributed by atoms with Crippen molar-refractivity contribution in [1.29, 1.82) is 0 Å². The Morgan fingerprint density at radius 2 is 1.74 bits per heavy atom. The van der Waals surface area contributed by atoms with E-state index in [4.69, 9.17) is 4.74 Å². The summed E-state index contributed by atoms with van der Waals surface area (Å²) in [5, 5.41) is 7.65. The lowest BCUT2D eigenvalue weighted by molar-refractivity contribution is 0.414. The monoisotopic (exact) mass is 357 g/mol. The summed E-state index contributed by atoms with van der Waals surface area (Å²) in [6, 6.07) is 19.7. The molecule has 2 aromatic heterocycles. The fourth-order valence-electron chi connectivity index (χ4n) is 2.78. The predicted molar refractivity (Wildman–Crippen MR) is 107 cm³/mol. The molecule has 0 aliphatic carbocycles. The van der Waals surface area contributed by atoms with Crippen LogP contribution in [0.25, 0.3) is 10.9 Å². The molecule has 6 heteroatoms. The third-order valence-corrected chi connectivity index (χ3v) is 4.16. The van der Waals surface area contributed by atoms with Crippen molar-refractivity contribution >= 4 is 28.4 Å². The third-order valence-electron chi connectivity index (χ3n) is 4.16. The fraction of sp³-hybridized carbons (Fsp3) is 0.0952. The number of rotatable bonds is 6. The maximum Gasteiger partial charge on any atom is 0.224 e. The number of fused-ring (bicyclic) bond motifs is 1. The van der Waals surface area contributed by atoms with Crippen LogP contribution in [0.5, 0.6) is 5.75 Å². The van der Waals surface area contributed by atoms with Gasteiger partial charge in [-0.2, -0.15) is 4.98 Å². The molecule has 0 aliphatic heterocycles. The molecule has 2 aromatic carbocycles. The van der Waals surface area contributed by atoms with Crippen molar-refractivity contribution in [1.82, 2.24) is 15.0 Å². The Kier molecular flexibility index (Phi) is 4.78. The summed E-state index contributed by atoms with van der Waals surface area (Å²) in [6.07, 6.45) is 3.51. The molecule has 0 aliphatic rings. The Labute approximate surface area is 157 Å². The number of aromatic nitrogens is 3. The smallest absolute Gasteiger partial charge is 0.224 e. The zero-order chi connectivity index (χ0) is 18.5. The van der Waals surface area contributed by atoms with Crippen LogP contribution in [0, 0.1) is 0 Å². The Morgan fingerprint density at radius 1 is 0.889 bits per heavy atom. The summed E-state index contributed by atoms with van der Waals surface area (Å²) in [7, 11) is 1.66. The second kappa shape index (κ2) is 7.70. The van der Waals surface area contributed by atoms with Gasteiger partial charge in [-0.15, -0.1) is 0 Å². The van der Waals surface area contributed by atoms with Crippen LogP contribution < -0.4 is 15.4 Å². The van der Waals surface area contributed by atoms with Crippen molar-refractivity contribution in [3.8, 4) is 5.75 Å². The van der Waals surface area contributed by atoms with Crippen LogP contribution in [0.4, 0.5) is 17.5 Å². The van der Waals surface area contributed by atoms with Gasteiger partial charge in [0.15, 0.2) is 0 Å². The lowest BCUT2D eigenvalue weighted by Gasteiger charge is -2.10. The first-order valence-corrected chi connectivity index (χ1v) is 8.62. The van der Waals surface area contributed by atoms with Crippen molar-refractivity contribution in [2.75, 3.05) is 17.7 Å². The number of hydrogen-bond donors (Lipinski definition) is 2. The van der Waals surface area contributed by atoms with E-state index in [9.17, 15) is 0 Å². The summed E-state index contributed by atoms with van der Waals surface area (Å²) >= 11 is 0. The molecule has 0 fully saturated rings. The molecule has 0 amide bonds. The third kappa shape index (κ3) is 3.95. The summed E-state index contributed by atoms with van der Waals surface area (Å²) in [5.74, 6) is 2.11. The summed E-state index contributed by atoms with van der Waals surface area (Å²) in [5.41, 5.74) is 2.94. The molecule has 0 saturated heterocycles. The number of ether oxygens (including phenoxy) is 1. The average molecular weight is 357 g/mol. The summed E-state index contributed by atoms with van der Waals surface area (Å²) in [6.45, 7) is 0.628. The quantitative estimate of drug-likeness (QED) is 0.533. The fourth-order valence-corrected chi connectivity index (χ4v) is 2.78. The summed E-state index contributed by atoms with van der Waals surface area (Å²) in [4.78, 5) is 13.3. The molecule has 134 valence electrons. The van der Waals surface area contributed by atoms with E-state index in [0.717, 1.165) is 27.9 Å². The molecular formula is C21H19N5O. The highest BCUT2D eigenvalue weighted by atomic mass is 16.5. The van der Waals surface area contributed by atoms with Crippen molar-refractivity contribution in [2.24, 2.45) is 0 Å². The van der Waals surface area contributed by atoms with E-state index in [-0.39, 0.29) is 0 Å². The minimum absolute atomic E-state index is 0.559. The van der Waals surface area contributed by atoms with E-state index in [0.29, 0.717) is 18.3 Å². The highest BCUT2D eigenvalue weighted by molar-refractivity contribution is 5.91. The van der Waals surface area contributed by atoms with Crippen LogP contribution in [-0.4, -0.2) is 22.1 Å². The number of anilines is 3. The topological polar surface area (TPSA) is 72.0 Å². The number of methoxy groups -OCH3 is 1. The van der Waals surface area contributed by atoms with Gasteiger partial charge in [-0.25, -0.2) is 4.98 Å². The van der Waals surface area contributed by atoms with E-state index in [1.54, 1.807) is 19.5 Å². The molecule has 0 spiro atoms. The van der Waals surface area contributed by atoms with Crippen molar-refractivity contribution < 1.29 is 4.74 Å². The van der Waals surface area contributed by atoms with Crippen LogP contribution >= 0.6 is 0 Å². The average Bonchev–Trinajstić information content (AvgIpc) is 2.73. The van der Waals surface area contributed by atoms with E-state index < -0.39 is 0 Å². The Bertz CT molecular complexity index is 1040. The van der Waals surface area contributed by atoms with E-state index in [2.05, 4.69) is 25.6 Å². The molecule has 4 aromatic rings. The molecule has 2 N–H and O–H groups in total. The van der Waals surface area contributed by atoms with E-state index in [1.165, 1.54) is 0 Å². The zero-order valence-corrected chi connectivity index (χ0v) is 14.9. The molecule has 4 rings (SSSR count). The standard InChI is InChI=1S/C21H19N5O/c1-27-17-9-7-15(8-10-17)14-24-21-23-13-11-19(26-21)25-18-6-2-4-16-5-3-12-22-20(16)18/h2-13H,14H2,1H3,(H2,23,24,25,26). The largest absolute Gasteiger partial charge is 0.497 e. The Hall–Kier alpha value is -3.67. The second-order valence-corrected chi connectivity index (χ2v) is 5.97. The van der Waals surface area contributed by atoms with Gasteiger partial charge in [0.2, 0.25) is 5.95 Å². The van der Waals surface area contributed by atoms with Gasteiger partial charge in [0, 0.05) is 24.3 Å². The van der Waals surface area contributed by atoms with Gasteiger partial charge >= 0.3 is 0 Å². The molecule has 0 radical (unpaired) electrons. The SMILES string of the molecule is COc1ccc(CNc2nccc(Nc3cccc4cccnc34)n2)cc1. The van der Waals surface area contributed by atoms with Gasteiger partial charge in [-0.3, -0.25) is 4.98 Å². The first kappa shape index (κ1) is 16.8. The molecular weight excluding hydrogens is 338 g/mol. The minimum Gasteiger partial charge on any atom is -0.497 e. The molecule has 27 heavy (non-hydrogen) atoms. The van der Waals surface area contributed by atoms with Crippen LogP contribution in [0.15, 0.2) is 73.1 Å². The lowest BCUT2D eigenvalue weighted by Crippen LogP contribution is -2.05. The van der Waals surface area contributed by atoms with Crippen LogP contribution in [-0.2, 0) is 6.54 Å². The van der Waals surface area contributed by atoms with Gasteiger partial charge < -0.3 is 15.4 Å². The van der Waals surface area contributed by atoms with Gasteiger partial charge in [0.05, 0.1) is 18.3 Å². The molecule has 2 heterocycles. The van der Waals surface area contributed by atoms with Crippen LogP contribution in [0.3, 0.4) is 0 Å². The number of para-hydroxylation sites is 1. The number of benzene rings is 2. The maximum atomic E-state index is 5.18. The molecule has 0 saturated carbocycles. The summed E-state index contributed by atoms with van der Waals surface area (Å²) < 4.78 is 5.18. The highest BCUT2D eigenvalue weighted by Gasteiger charge is 2.04. The number of hydrogen-bond acceptors (Lipinski definition) is 6. The number of nitrogens with one attached hydrogen (secondary N) is 2. The van der Waals surface area contributed by atoms with Crippen molar-refractivity contribution in [3.05, 3.63) is 78.6 Å². The van der Waals surface area contributed by atoms with Gasteiger partial charge in [0.1, 0.15) is 11.6 Å². The van der Waals surface area contributed by atoms with Crippen LogP contribution in [0.2, 0.25) is 0 Å². The zero-order valence-electron chi connectivity index (χ0n) is 14.9. The van der Waals surface area contributed by atoms with Crippen molar-refractivity contribution in [3.63, 3.8) is 0 Å². The number of nitrogens with zero attached hydrogens (tertiary/aromatic N) is 3. The lowest BCUT2D eigenvalue weighted by atomic mass is 10.2. The Morgan fingerprint density at radius 3 is 2.59 bits per heavy atom.